The molecule has 0 aliphatic heterocycles. The van der Waals surface area contributed by atoms with Crippen molar-refractivity contribution in [3.63, 3.8) is 0 Å². The molecule has 0 spiro atoms. The molecule has 0 aliphatic rings. The lowest BCUT2D eigenvalue weighted by Gasteiger charge is -2.18. The highest BCUT2D eigenvalue weighted by Crippen LogP contribution is 2.11. The quantitative estimate of drug-likeness (QED) is 0.623. The molecule has 0 radical (unpaired) electrons. The third kappa shape index (κ3) is 5.80. The van der Waals surface area contributed by atoms with E-state index in [0.717, 1.165) is 11.3 Å². The summed E-state index contributed by atoms with van der Waals surface area (Å²) in [5, 5.41) is 3.28. The first kappa shape index (κ1) is 18.3. The van der Waals surface area contributed by atoms with Gasteiger partial charge in [0.1, 0.15) is 0 Å². The van der Waals surface area contributed by atoms with E-state index in [4.69, 9.17) is 0 Å². The predicted octanol–water partition coefficient (Wildman–Crippen LogP) is 3.06. The molecule has 0 aromatic heterocycles. The minimum Gasteiger partial charge on any atom is -0.466 e. The molecule has 5 heteroatoms. The Balaban J connectivity index is 1.80. The van der Waals surface area contributed by atoms with Crippen LogP contribution in [0.2, 0.25) is 0 Å². The maximum atomic E-state index is 12.2. The number of carbonyl (C=O) groups is 2. The minimum atomic E-state index is -0.381. The van der Waals surface area contributed by atoms with Crippen LogP contribution in [0.5, 0.6) is 0 Å². The molecular weight excluding hydrogens is 316 g/mol. The Morgan fingerprint density at radius 2 is 1.76 bits per heavy atom. The van der Waals surface area contributed by atoms with Crippen molar-refractivity contribution in [2.45, 2.75) is 0 Å². The molecule has 130 valence electrons. The Labute approximate surface area is 147 Å². The smallest absolute Gasteiger partial charge is 0.330 e. The molecule has 2 rings (SSSR count). The summed E-state index contributed by atoms with van der Waals surface area (Å²) in [5.74, 6) is -0.376. The maximum absolute atomic E-state index is 12.2. The number of likely N-dealkylation sites (N-methyl/N-ethyl adjacent to an activating group) is 1. The first-order valence-electron chi connectivity index (χ1n) is 8.00. The average molecular weight is 338 g/mol. The summed E-state index contributed by atoms with van der Waals surface area (Å²) in [4.78, 5) is 25.0. The molecule has 0 heterocycles. The van der Waals surface area contributed by atoms with Gasteiger partial charge in [-0.05, 0) is 35.9 Å². The van der Waals surface area contributed by atoms with Crippen molar-refractivity contribution in [1.82, 2.24) is 4.90 Å². The van der Waals surface area contributed by atoms with Crippen molar-refractivity contribution in [2.24, 2.45) is 0 Å². The maximum Gasteiger partial charge on any atom is 0.330 e. The molecule has 0 saturated heterocycles. The molecule has 0 aliphatic carbocycles. The normalized spacial score (nSPS) is 10.5. The molecule has 1 N–H and O–H groups in total. The first-order chi connectivity index (χ1) is 12.1. The molecular formula is C20H22N2O3. The van der Waals surface area contributed by atoms with Crippen LogP contribution < -0.4 is 5.32 Å². The van der Waals surface area contributed by atoms with Crippen molar-refractivity contribution >= 4 is 23.6 Å². The largest absolute Gasteiger partial charge is 0.466 e. The second kappa shape index (κ2) is 9.27. The molecule has 1 amide bonds. The fourth-order valence-corrected chi connectivity index (χ4v) is 2.21. The zero-order valence-electron chi connectivity index (χ0n) is 14.4. The number of esters is 1. The molecule has 0 unspecified atom stereocenters. The van der Waals surface area contributed by atoms with E-state index >= 15 is 0 Å². The van der Waals surface area contributed by atoms with Crippen LogP contribution in [-0.4, -0.2) is 44.0 Å². The molecule has 0 bridgehead atoms. The van der Waals surface area contributed by atoms with Crippen molar-refractivity contribution in [3.05, 3.63) is 71.8 Å². The van der Waals surface area contributed by atoms with Crippen molar-refractivity contribution in [3.8, 4) is 0 Å². The van der Waals surface area contributed by atoms with E-state index in [9.17, 15) is 9.59 Å². The van der Waals surface area contributed by atoms with E-state index in [0.29, 0.717) is 18.7 Å². The third-order valence-electron chi connectivity index (χ3n) is 3.67. The highest BCUT2D eigenvalue weighted by atomic mass is 16.5. The van der Waals surface area contributed by atoms with E-state index in [1.807, 2.05) is 54.6 Å². The van der Waals surface area contributed by atoms with Crippen molar-refractivity contribution < 1.29 is 14.3 Å². The zero-order valence-corrected chi connectivity index (χ0v) is 14.4. The highest BCUT2D eigenvalue weighted by Gasteiger charge is 2.10. The Kier molecular flexibility index (Phi) is 6.77. The number of anilines is 1. The summed E-state index contributed by atoms with van der Waals surface area (Å²) in [7, 11) is 3.14. The van der Waals surface area contributed by atoms with Crippen LogP contribution in [-0.2, 0) is 9.53 Å². The second-order valence-electron chi connectivity index (χ2n) is 5.50. The number of benzene rings is 2. The number of nitrogens with one attached hydrogen (secondary N) is 1. The summed E-state index contributed by atoms with van der Waals surface area (Å²) in [6, 6.07) is 16.9. The van der Waals surface area contributed by atoms with Crippen LogP contribution in [0, 0.1) is 0 Å². The minimum absolute atomic E-state index is 0.00527. The van der Waals surface area contributed by atoms with Gasteiger partial charge in [-0.2, -0.15) is 0 Å². The summed E-state index contributed by atoms with van der Waals surface area (Å²) < 4.78 is 4.55. The molecule has 0 atom stereocenters. The van der Waals surface area contributed by atoms with E-state index in [1.165, 1.54) is 13.2 Å². The molecule has 2 aromatic rings. The van der Waals surface area contributed by atoms with Gasteiger partial charge in [-0.3, -0.25) is 4.79 Å². The van der Waals surface area contributed by atoms with Gasteiger partial charge in [0.15, 0.2) is 0 Å². The Morgan fingerprint density at radius 3 is 2.40 bits per heavy atom. The number of ether oxygens (including phenoxy) is 1. The number of rotatable bonds is 7. The van der Waals surface area contributed by atoms with Crippen LogP contribution in [0.3, 0.4) is 0 Å². The van der Waals surface area contributed by atoms with Gasteiger partial charge in [0.2, 0.25) is 0 Å². The van der Waals surface area contributed by atoms with Crippen LogP contribution in [0.25, 0.3) is 6.08 Å². The van der Waals surface area contributed by atoms with Gasteiger partial charge in [-0.1, -0.05) is 30.3 Å². The summed E-state index contributed by atoms with van der Waals surface area (Å²) >= 11 is 0. The predicted molar refractivity (Wildman–Crippen MR) is 99.4 cm³/mol. The summed E-state index contributed by atoms with van der Waals surface area (Å²) in [6.45, 7) is 1.24. The van der Waals surface area contributed by atoms with Gasteiger partial charge in [0.25, 0.3) is 5.91 Å². The SMILES string of the molecule is COC(=O)/C=C/c1ccc(NCCN(C)C(=O)c2ccccc2)cc1. The number of methoxy groups -OCH3 is 1. The second-order valence-corrected chi connectivity index (χ2v) is 5.50. The summed E-state index contributed by atoms with van der Waals surface area (Å²) in [6.07, 6.45) is 3.08. The molecule has 0 saturated carbocycles. The lowest BCUT2D eigenvalue weighted by Crippen LogP contribution is -2.31. The van der Waals surface area contributed by atoms with E-state index in [2.05, 4.69) is 10.1 Å². The standard InChI is InChI=1S/C20H22N2O3/c1-22(20(24)17-6-4-3-5-7-17)15-14-21-18-11-8-16(9-12-18)10-13-19(23)25-2/h3-13,21H,14-15H2,1-2H3/b13-10+. The van der Waals surface area contributed by atoms with Gasteiger partial charge in [-0.15, -0.1) is 0 Å². The van der Waals surface area contributed by atoms with Crippen molar-refractivity contribution in [2.75, 3.05) is 32.6 Å². The van der Waals surface area contributed by atoms with E-state index < -0.39 is 0 Å². The number of nitrogens with zero attached hydrogens (tertiary/aromatic N) is 1. The number of hydrogen-bond donors (Lipinski definition) is 1. The van der Waals surface area contributed by atoms with Gasteiger partial charge in [-0.25, -0.2) is 4.79 Å². The lowest BCUT2D eigenvalue weighted by atomic mass is 10.2. The van der Waals surface area contributed by atoms with Crippen LogP contribution in [0.1, 0.15) is 15.9 Å². The number of amides is 1. The van der Waals surface area contributed by atoms with Crippen LogP contribution in [0.4, 0.5) is 5.69 Å². The molecule has 5 nitrogen and oxygen atoms in total. The molecule has 0 fully saturated rings. The van der Waals surface area contributed by atoms with Crippen molar-refractivity contribution in [1.29, 1.82) is 0 Å². The van der Waals surface area contributed by atoms with Gasteiger partial charge in [0.05, 0.1) is 7.11 Å². The topological polar surface area (TPSA) is 58.6 Å². The lowest BCUT2D eigenvalue weighted by molar-refractivity contribution is -0.134. The van der Waals surface area contributed by atoms with Gasteiger partial charge >= 0.3 is 5.97 Å². The fourth-order valence-electron chi connectivity index (χ4n) is 2.21. The monoisotopic (exact) mass is 338 g/mol. The average Bonchev–Trinajstić information content (AvgIpc) is 2.67. The molecule has 25 heavy (non-hydrogen) atoms. The van der Waals surface area contributed by atoms with Gasteiger partial charge in [0, 0.05) is 37.5 Å². The van der Waals surface area contributed by atoms with Gasteiger partial charge < -0.3 is 15.0 Å². The number of hydrogen-bond acceptors (Lipinski definition) is 4. The fraction of sp³-hybridized carbons (Fsp3) is 0.200. The molecule has 2 aromatic carbocycles. The Bertz CT molecular complexity index is 724. The van der Waals surface area contributed by atoms with E-state index in [-0.39, 0.29) is 11.9 Å². The van der Waals surface area contributed by atoms with E-state index in [1.54, 1.807) is 18.0 Å². The van der Waals surface area contributed by atoms with Crippen LogP contribution in [0.15, 0.2) is 60.7 Å². The number of carbonyl (C=O) groups excluding carboxylic acids is 2. The third-order valence-corrected chi connectivity index (χ3v) is 3.67. The van der Waals surface area contributed by atoms with Crippen LogP contribution >= 0.6 is 0 Å². The Hall–Kier alpha value is -3.08. The Morgan fingerprint density at radius 1 is 1.08 bits per heavy atom. The highest BCUT2D eigenvalue weighted by molar-refractivity contribution is 5.94. The zero-order chi connectivity index (χ0) is 18.1. The summed E-state index contributed by atoms with van der Waals surface area (Å²) in [5.41, 5.74) is 2.55. The first-order valence-corrected chi connectivity index (χ1v) is 8.00.